The molecule has 2 rings (SSSR count). The van der Waals surface area contributed by atoms with E-state index >= 15 is 0 Å². The third kappa shape index (κ3) is 3.09. The Bertz CT molecular complexity index is 326. The standard InChI is InChI=1S/C13H22N2O2/c1-11-8-15(10-13-4-3-7-17-13)12(5-6-16)9-14(11)2/h3-4,7,11-12,16H,5-6,8-10H2,1-2H3. The zero-order chi connectivity index (χ0) is 12.3. The van der Waals surface area contributed by atoms with Gasteiger partial charge in [0.25, 0.3) is 0 Å². The van der Waals surface area contributed by atoms with E-state index in [1.807, 2.05) is 12.1 Å². The summed E-state index contributed by atoms with van der Waals surface area (Å²) in [6.45, 7) is 5.38. The van der Waals surface area contributed by atoms with Gasteiger partial charge in [0, 0.05) is 31.8 Å². The Morgan fingerprint density at radius 3 is 2.94 bits per heavy atom. The number of piperazine rings is 1. The van der Waals surface area contributed by atoms with Crippen molar-refractivity contribution in [3.05, 3.63) is 24.2 Å². The van der Waals surface area contributed by atoms with Gasteiger partial charge in [-0.25, -0.2) is 0 Å². The molecule has 1 aromatic rings. The van der Waals surface area contributed by atoms with Gasteiger partial charge in [0.05, 0.1) is 12.8 Å². The predicted molar refractivity (Wildman–Crippen MR) is 66.7 cm³/mol. The maximum absolute atomic E-state index is 9.15. The number of hydrogen-bond acceptors (Lipinski definition) is 4. The van der Waals surface area contributed by atoms with E-state index < -0.39 is 0 Å². The fraction of sp³-hybridized carbons (Fsp3) is 0.692. The summed E-state index contributed by atoms with van der Waals surface area (Å²) in [4.78, 5) is 4.78. The molecule has 0 aromatic carbocycles. The molecule has 2 unspecified atom stereocenters. The van der Waals surface area contributed by atoms with Crippen molar-refractivity contribution in [1.82, 2.24) is 9.80 Å². The maximum Gasteiger partial charge on any atom is 0.117 e. The van der Waals surface area contributed by atoms with E-state index in [0.29, 0.717) is 12.1 Å². The normalized spacial score (nSPS) is 27.5. The molecule has 1 saturated heterocycles. The van der Waals surface area contributed by atoms with Crippen molar-refractivity contribution in [2.45, 2.75) is 32.0 Å². The fourth-order valence-electron chi connectivity index (χ4n) is 2.47. The number of hydrogen-bond donors (Lipinski definition) is 1. The highest BCUT2D eigenvalue weighted by molar-refractivity contribution is 4.99. The molecule has 0 amide bonds. The molecule has 1 fully saturated rings. The van der Waals surface area contributed by atoms with Crippen LogP contribution < -0.4 is 0 Å². The first-order valence-corrected chi connectivity index (χ1v) is 6.28. The van der Waals surface area contributed by atoms with Crippen molar-refractivity contribution in [2.75, 3.05) is 26.7 Å². The van der Waals surface area contributed by atoms with Crippen molar-refractivity contribution >= 4 is 0 Å². The number of rotatable bonds is 4. The molecule has 96 valence electrons. The summed E-state index contributed by atoms with van der Waals surface area (Å²) >= 11 is 0. The van der Waals surface area contributed by atoms with Crippen LogP contribution in [0.3, 0.4) is 0 Å². The quantitative estimate of drug-likeness (QED) is 0.854. The Morgan fingerprint density at radius 1 is 1.47 bits per heavy atom. The Morgan fingerprint density at radius 2 is 2.29 bits per heavy atom. The Kier molecular flexibility index (Phi) is 4.20. The van der Waals surface area contributed by atoms with Crippen LogP contribution in [0.15, 0.2) is 22.8 Å². The van der Waals surface area contributed by atoms with Gasteiger partial charge >= 0.3 is 0 Å². The fourth-order valence-corrected chi connectivity index (χ4v) is 2.47. The smallest absolute Gasteiger partial charge is 0.117 e. The third-order valence-corrected chi connectivity index (χ3v) is 3.67. The molecule has 4 nitrogen and oxygen atoms in total. The first kappa shape index (κ1) is 12.6. The molecule has 0 aliphatic carbocycles. The SMILES string of the molecule is CC1CN(Cc2ccco2)C(CCO)CN1C. The minimum Gasteiger partial charge on any atom is -0.468 e. The highest BCUT2D eigenvalue weighted by Crippen LogP contribution is 2.19. The second-order valence-corrected chi connectivity index (χ2v) is 4.96. The molecule has 0 bridgehead atoms. The van der Waals surface area contributed by atoms with E-state index in [2.05, 4.69) is 23.8 Å². The predicted octanol–water partition coefficient (Wildman–Crippen LogP) is 1.17. The van der Waals surface area contributed by atoms with Crippen LogP contribution in [0.4, 0.5) is 0 Å². The first-order valence-electron chi connectivity index (χ1n) is 6.28. The molecular weight excluding hydrogens is 216 g/mol. The summed E-state index contributed by atoms with van der Waals surface area (Å²) in [6.07, 6.45) is 2.55. The average molecular weight is 238 g/mol. The van der Waals surface area contributed by atoms with E-state index in [4.69, 9.17) is 9.52 Å². The summed E-state index contributed by atoms with van der Waals surface area (Å²) in [5, 5.41) is 9.15. The monoisotopic (exact) mass is 238 g/mol. The molecule has 2 atom stereocenters. The lowest BCUT2D eigenvalue weighted by atomic mass is 10.1. The molecule has 17 heavy (non-hydrogen) atoms. The third-order valence-electron chi connectivity index (χ3n) is 3.67. The molecule has 0 radical (unpaired) electrons. The summed E-state index contributed by atoms with van der Waals surface area (Å²) in [5.41, 5.74) is 0. The van der Waals surface area contributed by atoms with E-state index in [1.165, 1.54) is 0 Å². The van der Waals surface area contributed by atoms with Crippen molar-refractivity contribution in [3.63, 3.8) is 0 Å². The van der Waals surface area contributed by atoms with Crippen LogP contribution in [0, 0.1) is 0 Å². The van der Waals surface area contributed by atoms with Gasteiger partial charge in [0.15, 0.2) is 0 Å². The van der Waals surface area contributed by atoms with E-state index in [-0.39, 0.29) is 6.61 Å². The minimum absolute atomic E-state index is 0.252. The van der Waals surface area contributed by atoms with Crippen molar-refractivity contribution in [3.8, 4) is 0 Å². The Hall–Kier alpha value is -0.840. The molecule has 1 aliphatic heterocycles. The van der Waals surface area contributed by atoms with E-state index in [1.54, 1.807) is 6.26 Å². The number of furan rings is 1. The minimum atomic E-state index is 0.252. The van der Waals surface area contributed by atoms with Gasteiger partial charge in [0.2, 0.25) is 0 Å². The lowest BCUT2D eigenvalue weighted by molar-refractivity contribution is 0.0297. The van der Waals surface area contributed by atoms with E-state index in [0.717, 1.165) is 31.8 Å². The van der Waals surface area contributed by atoms with Gasteiger partial charge in [-0.3, -0.25) is 4.90 Å². The summed E-state index contributed by atoms with van der Waals surface area (Å²) in [5.74, 6) is 1.00. The largest absolute Gasteiger partial charge is 0.468 e. The van der Waals surface area contributed by atoms with Gasteiger partial charge < -0.3 is 14.4 Å². The van der Waals surface area contributed by atoms with Crippen LogP contribution in [-0.4, -0.2) is 53.7 Å². The molecular formula is C13H22N2O2. The lowest BCUT2D eigenvalue weighted by Gasteiger charge is -2.43. The zero-order valence-electron chi connectivity index (χ0n) is 10.7. The maximum atomic E-state index is 9.15. The highest BCUT2D eigenvalue weighted by Gasteiger charge is 2.29. The van der Waals surface area contributed by atoms with Crippen molar-refractivity contribution in [2.24, 2.45) is 0 Å². The van der Waals surface area contributed by atoms with Crippen LogP contribution >= 0.6 is 0 Å². The number of aliphatic hydroxyl groups excluding tert-OH is 1. The van der Waals surface area contributed by atoms with Gasteiger partial charge in [-0.05, 0) is 32.5 Å². The van der Waals surface area contributed by atoms with E-state index in [9.17, 15) is 0 Å². The molecule has 0 saturated carbocycles. The van der Waals surface area contributed by atoms with Gasteiger partial charge in [-0.1, -0.05) is 0 Å². The molecule has 2 heterocycles. The zero-order valence-corrected chi connectivity index (χ0v) is 10.7. The van der Waals surface area contributed by atoms with Gasteiger partial charge in [-0.2, -0.15) is 0 Å². The lowest BCUT2D eigenvalue weighted by Crippen LogP contribution is -2.55. The Balaban J connectivity index is 2.01. The topological polar surface area (TPSA) is 39.9 Å². The van der Waals surface area contributed by atoms with Crippen molar-refractivity contribution in [1.29, 1.82) is 0 Å². The second kappa shape index (κ2) is 5.67. The Labute approximate surface area is 103 Å². The van der Waals surface area contributed by atoms with Crippen LogP contribution in [0.5, 0.6) is 0 Å². The number of likely N-dealkylation sites (N-methyl/N-ethyl adjacent to an activating group) is 1. The molecule has 1 aliphatic rings. The van der Waals surface area contributed by atoms with Crippen molar-refractivity contribution < 1.29 is 9.52 Å². The van der Waals surface area contributed by atoms with Crippen LogP contribution in [0.25, 0.3) is 0 Å². The van der Waals surface area contributed by atoms with Gasteiger partial charge in [-0.15, -0.1) is 0 Å². The summed E-state index contributed by atoms with van der Waals surface area (Å²) < 4.78 is 5.41. The highest BCUT2D eigenvalue weighted by atomic mass is 16.3. The van der Waals surface area contributed by atoms with Crippen LogP contribution in [0.2, 0.25) is 0 Å². The molecule has 4 heteroatoms. The molecule has 1 aromatic heterocycles. The first-order chi connectivity index (χ1) is 8.20. The van der Waals surface area contributed by atoms with Crippen LogP contribution in [-0.2, 0) is 6.54 Å². The summed E-state index contributed by atoms with van der Waals surface area (Å²) in [6, 6.07) is 4.92. The van der Waals surface area contributed by atoms with Crippen LogP contribution in [0.1, 0.15) is 19.1 Å². The number of aliphatic hydroxyl groups is 1. The summed E-state index contributed by atoms with van der Waals surface area (Å²) in [7, 11) is 2.15. The second-order valence-electron chi connectivity index (χ2n) is 4.96. The average Bonchev–Trinajstić information content (AvgIpc) is 2.78. The van der Waals surface area contributed by atoms with Gasteiger partial charge in [0.1, 0.15) is 5.76 Å². The molecule has 1 N–H and O–H groups in total. The number of nitrogens with zero attached hydrogens (tertiary/aromatic N) is 2. The molecule has 0 spiro atoms.